The third-order valence-corrected chi connectivity index (χ3v) is 5.24. The maximum Gasteiger partial charge on any atom is 0.345 e. The highest BCUT2D eigenvalue weighted by molar-refractivity contribution is 9.12. The van der Waals surface area contributed by atoms with E-state index < -0.39 is 27.5 Å². The molecule has 120 valence electrons. The molecule has 22 heavy (non-hydrogen) atoms. The van der Waals surface area contributed by atoms with Crippen molar-refractivity contribution in [2.24, 2.45) is 0 Å². The fourth-order valence-corrected chi connectivity index (χ4v) is 3.58. The van der Waals surface area contributed by atoms with Crippen molar-refractivity contribution in [2.75, 3.05) is 20.0 Å². The monoisotopic (exact) mass is 390 g/mol. The minimum Gasteiger partial charge on any atom is -0.466 e. The van der Waals surface area contributed by atoms with Crippen molar-refractivity contribution in [3.63, 3.8) is 0 Å². The third kappa shape index (κ3) is 4.41. The Morgan fingerprint density at radius 2 is 1.55 bits per heavy atom. The van der Waals surface area contributed by atoms with Crippen LogP contribution in [-0.2, 0) is 28.9 Å². The average molecular weight is 391 g/mol. The fraction of sp³-hybridized carbons (Fsp3) is 0.286. The first-order valence-electron chi connectivity index (χ1n) is 6.07. The molecule has 0 aliphatic heterocycles. The topological polar surface area (TPSA) is 86.7 Å². The van der Waals surface area contributed by atoms with Crippen LogP contribution in [-0.4, -0.2) is 40.3 Å². The number of hydrogen-bond donors (Lipinski definition) is 0. The predicted octanol–water partition coefficient (Wildman–Crippen LogP) is 1.76. The Bertz CT molecular complexity index is 703. The molecule has 0 aliphatic rings. The first-order chi connectivity index (χ1) is 10.2. The molecule has 0 fully saturated rings. The van der Waals surface area contributed by atoms with Crippen LogP contribution < -0.4 is 0 Å². The number of hydrogen-bond acceptors (Lipinski definition) is 6. The van der Waals surface area contributed by atoms with Gasteiger partial charge in [0.25, 0.3) is 0 Å². The van der Waals surface area contributed by atoms with Crippen LogP contribution in [0.25, 0.3) is 0 Å². The number of carbonyl (C=O) groups excluding carboxylic acids is 2. The second-order valence-electron chi connectivity index (χ2n) is 4.35. The lowest BCUT2D eigenvalue weighted by molar-refractivity contribution is -0.138. The number of benzene rings is 1. The summed E-state index contributed by atoms with van der Waals surface area (Å²) < 4.78 is 33.5. The molecule has 1 rings (SSSR count). The summed E-state index contributed by atoms with van der Waals surface area (Å²) in [6.45, 7) is 1.82. The molecule has 1 aromatic rings. The lowest BCUT2D eigenvalue weighted by Gasteiger charge is -2.09. The van der Waals surface area contributed by atoms with Crippen LogP contribution in [0.2, 0.25) is 0 Å². The molecular formula is C14H15BrO6S. The Labute approximate surface area is 137 Å². The molecule has 0 radical (unpaired) electrons. The number of esters is 2. The third-order valence-electron chi connectivity index (χ3n) is 2.78. The summed E-state index contributed by atoms with van der Waals surface area (Å²) >= 11 is 2.89. The van der Waals surface area contributed by atoms with Crippen LogP contribution in [0, 0.1) is 6.92 Å². The van der Waals surface area contributed by atoms with E-state index in [1.807, 2.05) is 6.92 Å². The lowest BCUT2D eigenvalue weighted by atomic mass is 10.2. The van der Waals surface area contributed by atoms with Gasteiger partial charge in [-0.05, 0) is 35.0 Å². The summed E-state index contributed by atoms with van der Waals surface area (Å²) in [6, 6.07) is 6.16. The SMILES string of the molecule is COC(=O)/C(Br)=C(\CS(=O)(=O)c1ccc(C)cc1)C(=O)OC. The van der Waals surface area contributed by atoms with E-state index >= 15 is 0 Å². The van der Waals surface area contributed by atoms with Crippen LogP contribution in [0.1, 0.15) is 5.56 Å². The number of methoxy groups -OCH3 is 2. The van der Waals surface area contributed by atoms with Crippen molar-refractivity contribution < 1.29 is 27.5 Å². The quantitative estimate of drug-likeness (QED) is 0.562. The highest BCUT2D eigenvalue weighted by atomic mass is 79.9. The smallest absolute Gasteiger partial charge is 0.345 e. The van der Waals surface area contributed by atoms with E-state index in [1.54, 1.807) is 12.1 Å². The Kier molecular flexibility index (Phi) is 6.31. The van der Waals surface area contributed by atoms with E-state index in [0.29, 0.717) is 0 Å². The highest BCUT2D eigenvalue weighted by Gasteiger charge is 2.27. The van der Waals surface area contributed by atoms with Crippen LogP contribution in [0.3, 0.4) is 0 Å². The molecule has 0 bridgehead atoms. The van der Waals surface area contributed by atoms with Crippen molar-refractivity contribution in [3.8, 4) is 0 Å². The number of aryl methyl sites for hydroxylation is 1. The minimum absolute atomic E-state index is 0.0460. The summed E-state index contributed by atoms with van der Waals surface area (Å²) in [5.41, 5.74) is 0.577. The molecular weight excluding hydrogens is 376 g/mol. The van der Waals surface area contributed by atoms with E-state index in [1.165, 1.54) is 12.1 Å². The van der Waals surface area contributed by atoms with Crippen LogP contribution in [0.15, 0.2) is 39.2 Å². The summed E-state index contributed by atoms with van der Waals surface area (Å²) in [7, 11) is -1.60. The summed E-state index contributed by atoms with van der Waals surface area (Å²) in [5.74, 6) is -2.47. The van der Waals surface area contributed by atoms with Crippen LogP contribution in [0.4, 0.5) is 0 Å². The van der Waals surface area contributed by atoms with Crippen LogP contribution in [0.5, 0.6) is 0 Å². The average Bonchev–Trinajstić information content (AvgIpc) is 2.50. The molecule has 0 saturated heterocycles. The molecule has 6 nitrogen and oxygen atoms in total. The van der Waals surface area contributed by atoms with Crippen molar-refractivity contribution in [3.05, 3.63) is 39.9 Å². The lowest BCUT2D eigenvalue weighted by Crippen LogP contribution is -2.20. The second-order valence-corrected chi connectivity index (χ2v) is 7.13. The van der Waals surface area contributed by atoms with Crippen molar-refractivity contribution in [1.82, 2.24) is 0 Å². The van der Waals surface area contributed by atoms with Gasteiger partial charge in [-0.2, -0.15) is 0 Å². The minimum atomic E-state index is -3.81. The van der Waals surface area contributed by atoms with Gasteiger partial charge in [0, 0.05) is 0 Å². The van der Waals surface area contributed by atoms with Gasteiger partial charge in [-0.3, -0.25) is 0 Å². The van der Waals surface area contributed by atoms with Gasteiger partial charge in [0.15, 0.2) is 9.84 Å². The maximum atomic E-state index is 12.4. The maximum absolute atomic E-state index is 12.4. The molecule has 1 aromatic carbocycles. The number of rotatable bonds is 5. The van der Waals surface area contributed by atoms with E-state index in [2.05, 4.69) is 25.4 Å². The second kappa shape index (κ2) is 7.55. The summed E-state index contributed by atoms with van der Waals surface area (Å²) in [4.78, 5) is 23.3. The molecule has 0 aliphatic carbocycles. The highest BCUT2D eigenvalue weighted by Crippen LogP contribution is 2.21. The van der Waals surface area contributed by atoms with E-state index in [0.717, 1.165) is 19.8 Å². The zero-order valence-corrected chi connectivity index (χ0v) is 14.7. The van der Waals surface area contributed by atoms with Gasteiger partial charge >= 0.3 is 11.9 Å². The number of sulfone groups is 1. The van der Waals surface area contributed by atoms with Gasteiger partial charge in [-0.15, -0.1) is 0 Å². The van der Waals surface area contributed by atoms with E-state index in [9.17, 15) is 18.0 Å². The van der Waals surface area contributed by atoms with Gasteiger partial charge in [-0.25, -0.2) is 18.0 Å². The first-order valence-corrected chi connectivity index (χ1v) is 8.52. The predicted molar refractivity (Wildman–Crippen MR) is 83.2 cm³/mol. The summed E-state index contributed by atoms with van der Waals surface area (Å²) in [6.07, 6.45) is 0. The van der Waals surface area contributed by atoms with Crippen molar-refractivity contribution in [1.29, 1.82) is 0 Å². The number of ether oxygens (including phenoxy) is 2. The standard InChI is InChI=1S/C14H15BrO6S/c1-9-4-6-10(7-5-9)22(18,19)8-11(13(16)20-2)12(15)14(17)21-3/h4-7H,8H2,1-3H3/b12-11-. The molecule has 8 heteroatoms. The molecule has 0 saturated carbocycles. The Morgan fingerprint density at radius 1 is 1.05 bits per heavy atom. The van der Waals surface area contributed by atoms with Gasteiger partial charge in [0.1, 0.15) is 4.48 Å². The molecule has 0 spiro atoms. The van der Waals surface area contributed by atoms with Crippen molar-refractivity contribution >= 4 is 37.7 Å². The molecule has 0 heterocycles. The van der Waals surface area contributed by atoms with E-state index in [4.69, 9.17) is 0 Å². The van der Waals surface area contributed by atoms with Crippen molar-refractivity contribution in [2.45, 2.75) is 11.8 Å². The molecule has 0 amide bonds. The van der Waals surface area contributed by atoms with Gasteiger partial charge in [-0.1, -0.05) is 17.7 Å². The van der Waals surface area contributed by atoms with Gasteiger partial charge in [0.05, 0.1) is 30.4 Å². The van der Waals surface area contributed by atoms with E-state index in [-0.39, 0.29) is 15.0 Å². The molecule has 0 aromatic heterocycles. The Hall–Kier alpha value is -1.67. The van der Waals surface area contributed by atoms with Crippen LogP contribution >= 0.6 is 15.9 Å². The molecule has 0 unspecified atom stereocenters. The largest absolute Gasteiger partial charge is 0.466 e. The normalized spacial score (nSPS) is 12.4. The zero-order valence-electron chi connectivity index (χ0n) is 12.3. The summed E-state index contributed by atoms with van der Waals surface area (Å²) in [5, 5.41) is 0. The molecule has 0 atom stereocenters. The fourth-order valence-electron chi connectivity index (χ4n) is 1.57. The molecule has 0 N–H and O–H groups in total. The first kappa shape index (κ1) is 18.4. The Morgan fingerprint density at radius 3 is 2.00 bits per heavy atom. The number of halogens is 1. The number of carbonyl (C=O) groups is 2. The van der Waals surface area contributed by atoms with Gasteiger partial charge < -0.3 is 9.47 Å². The van der Waals surface area contributed by atoms with Gasteiger partial charge in [0.2, 0.25) is 0 Å². The Balaban J connectivity index is 3.27. The zero-order chi connectivity index (χ0) is 16.9.